The van der Waals surface area contributed by atoms with Gasteiger partial charge in [-0.25, -0.2) is 4.79 Å². The standard InChI is InChI=1S/C27H26N4O4/c1-14(20-12-29-21-7-3-2-5-17(20)21)25(32)30-27(35)31-13-16(26(33)34)9-19-18-6-4-8-22-24(18)15(11-28-22)10-23(19)31/h2-9,11-12,14,16,23,25,28-29,32H,10,13H2,1H3,(H,30,35)(H,33,34)/t14?,16-,23-,25?/m1/s1. The molecule has 1 aliphatic heterocycles. The number of urea groups is 1. The molecular weight excluding hydrogens is 444 g/mol. The molecule has 35 heavy (non-hydrogen) atoms. The number of aliphatic carboxylic acids is 1. The Morgan fingerprint density at radius 1 is 1.09 bits per heavy atom. The number of para-hydroxylation sites is 1. The van der Waals surface area contributed by atoms with Gasteiger partial charge in [-0.2, -0.15) is 0 Å². The highest BCUT2D eigenvalue weighted by atomic mass is 16.4. The SMILES string of the molecule is CC(c1c[nH]c2ccccc12)C(O)NC(=O)N1C[C@H](C(=O)O)C=C2c3cccc4[nH]cc(c34)C[C@H]21. The predicted octanol–water partition coefficient (Wildman–Crippen LogP) is 3.81. The van der Waals surface area contributed by atoms with Gasteiger partial charge < -0.3 is 30.4 Å². The first-order valence-corrected chi connectivity index (χ1v) is 11.8. The van der Waals surface area contributed by atoms with E-state index in [1.807, 2.05) is 61.8 Å². The van der Waals surface area contributed by atoms with Gasteiger partial charge in [-0.05, 0) is 40.8 Å². The maximum absolute atomic E-state index is 13.5. The minimum atomic E-state index is -1.14. The zero-order chi connectivity index (χ0) is 24.3. The van der Waals surface area contributed by atoms with Crippen molar-refractivity contribution in [2.75, 3.05) is 6.54 Å². The Bertz CT molecular complexity index is 1500. The molecule has 0 spiro atoms. The molecule has 8 nitrogen and oxygen atoms in total. The van der Waals surface area contributed by atoms with Crippen molar-refractivity contribution in [3.8, 4) is 0 Å². The summed E-state index contributed by atoms with van der Waals surface area (Å²) in [6, 6.07) is 12.9. The summed E-state index contributed by atoms with van der Waals surface area (Å²) in [6.07, 6.45) is 5.03. The monoisotopic (exact) mass is 470 g/mol. The van der Waals surface area contributed by atoms with Crippen LogP contribution in [-0.2, 0) is 11.2 Å². The number of nitrogens with zero attached hydrogens (tertiary/aromatic N) is 1. The summed E-state index contributed by atoms with van der Waals surface area (Å²) < 4.78 is 0. The Balaban J connectivity index is 1.30. The zero-order valence-electron chi connectivity index (χ0n) is 19.2. The number of carbonyl (C=O) groups is 2. The van der Waals surface area contributed by atoms with Crippen LogP contribution in [0.5, 0.6) is 0 Å². The Labute approximate surface area is 201 Å². The van der Waals surface area contributed by atoms with Crippen LogP contribution in [0.1, 0.15) is 29.5 Å². The molecular formula is C27H26N4O4. The number of fused-ring (bicyclic) bond motifs is 3. The van der Waals surface area contributed by atoms with E-state index in [1.165, 1.54) is 0 Å². The van der Waals surface area contributed by atoms with Crippen LogP contribution in [0.25, 0.3) is 27.4 Å². The lowest BCUT2D eigenvalue weighted by atomic mass is 9.80. The van der Waals surface area contributed by atoms with Gasteiger partial charge in [-0.1, -0.05) is 43.3 Å². The number of H-pyrrole nitrogens is 2. The normalized spacial score (nSPS) is 20.9. The van der Waals surface area contributed by atoms with Crippen molar-refractivity contribution < 1.29 is 19.8 Å². The maximum Gasteiger partial charge on any atom is 0.319 e. The van der Waals surface area contributed by atoms with Crippen molar-refractivity contribution in [2.45, 2.75) is 31.5 Å². The van der Waals surface area contributed by atoms with Crippen LogP contribution in [0.3, 0.4) is 0 Å². The summed E-state index contributed by atoms with van der Waals surface area (Å²) in [6.45, 7) is 1.90. The fourth-order valence-corrected chi connectivity index (χ4v) is 5.59. The van der Waals surface area contributed by atoms with Crippen LogP contribution in [0, 0.1) is 5.92 Å². The molecule has 1 aliphatic carbocycles. The van der Waals surface area contributed by atoms with Crippen LogP contribution < -0.4 is 5.32 Å². The molecule has 0 saturated heterocycles. The highest BCUT2D eigenvalue weighted by Gasteiger charge is 2.40. The fraction of sp³-hybridized carbons (Fsp3) is 0.259. The topological polar surface area (TPSA) is 121 Å². The molecule has 8 heteroatoms. The van der Waals surface area contributed by atoms with Crippen molar-refractivity contribution >= 4 is 39.4 Å². The largest absolute Gasteiger partial charge is 0.481 e. The molecule has 4 atom stereocenters. The molecule has 0 fully saturated rings. The molecule has 0 radical (unpaired) electrons. The molecule has 2 amide bonds. The average molecular weight is 471 g/mol. The number of benzene rings is 2. The third kappa shape index (κ3) is 3.40. The molecule has 2 unspecified atom stereocenters. The minimum absolute atomic E-state index is 0.0409. The van der Waals surface area contributed by atoms with E-state index in [9.17, 15) is 19.8 Å². The van der Waals surface area contributed by atoms with Crippen LogP contribution in [0.15, 0.2) is 60.9 Å². The summed E-state index contributed by atoms with van der Waals surface area (Å²) in [7, 11) is 0. The van der Waals surface area contributed by atoms with Crippen molar-refractivity contribution in [3.63, 3.8) is 0 Å². The van der Waals surface area contributed by atoms with E-state index < -0.39 is 24.1 Å². The van der Waals surface area contributed by atoms with Gasteiger partial charge in [0.15, 0.2) is 0 Å². The summed E-state index contributed by atoms with van der Waals surface area (Å²) in [5, 5.41) is 25.6. The van der Waals surface area contributed by atoms with Crippen molar-refractivity contribution in [1.82, 2.24) is 20.2 Å². The number of rotatable bonds is 4. The second-order valence-electron chi connectivity index (χ2n) is 9.45. The van der Waals surface area contributed by atoms with Gasteiger partial charge in [-0.3, -0.25) is 4.79 Å². The van der Waals surface area contributed by atoms with Crippen LogP contribution in [0.2, 0.25) is 0 Å². The summed E-state index contributed by atoms with van der Waals surface area (Å²) in [4.78, 5) is 33.5. The maximum atomic E-state index is 13.5. The molecule has 5 N–H and O–H groups in total. The van der Waals surface area contributed by atoms with Crippen molar-refractivity contribution in [1.29, 1.82) is 0 Å². The lowest BCUT2D eigenvalue weighted by Crippen LogP contribution is -2.55. The molecule has 6 rings (SSSR count). The van der Waals surface area contributed by atoms with Crippen LogP contribution >= 0.6 is 0 Å². The van der Waals surface area contributed by atoms with E-state index >= 15 is 0 Å². The van der Waals surface area contributed by atoms with Crippen LogP contribution in [0.4, 0.5) is 4.79 Å². The van der Waals surface area contributed by atoms with Gasteiger partial charge in [0.2, 0.25) is 0 Å². The number of hydrogen-bond donors (Lipinski definition) is 5. The van der Waals surface area contributed by atoms with E-state index in [2.05, 4.69) is 15.3 Å². The zero-order valence-corrected chi connectivity index (χ0v) is 19.2. The van der Waals surface area contributed by atoms with Gasteiger partial charge in [0.05, 0.1) is 12.0 Å². The van der Waals surface area contributed by atoms with Crippen molar-refractivity contribution in [2.24, 2.45) is 5.92 Å². The molecule has 0 saturated carbocycles. The number of carboxylic acids is 1. The van der Waals surface area contributed by atoms with Crippen LogP contribution in [-0.4, -0.2) is 55.9 Å². The van der Waals surface area contributed by atoms with Gasteiger partial charge >= 0.3 is 12.0 Å². The molecule has 2 aromatic heterocycles. The molecule has 0 bridgehead atoms. The Hall–Kier alpha value is -4.04. The number of nitrogens with one attached hydrogen (secondary N) is 3. The number of aromatic amines is 2. The lowest BCUT2D eigenvalue weighted by Gasteiger charge is -2.41. The minimum Gasteiger partial charge on any atom is -0.481 e. The smallest absolute Gasteiger partial charge is 0.319 e. The Morgan fingerprint density at radius 2 is 1.86 bits per heavy atom. The highest BCUT2D eigenvalue weighted by Crippen LogP contribution is 2.41. The molecule has 2 aromatic carbocycles. The number of aromatic nitrogens is 2. The van der Waals surface area contributed by atoms with Gasteiger partial charge in [0.1, 0.15) is 6.23 Å². The van der Waals surface area contributed by atoms with Crippen molar-refractivity contribution in [3.05, 3.63) is 77.6 Å². The third-order valence-electron chi connectivity index (χ3n) is 7.46. The lowest BCUT2D eigenvalue weighted by molar-refractivity contribution is -0.140. The molecule has 2 aliphatic rings. The first kappa shape index (κ1) is 21.5. The quantitative estimate of drug-likeness (QED) is 0.291. The van der Waals surface area contributed by atoms with E-state index in [4.69, 9.17) is 0 Å². The molecule has 178 valence electrons. The number of amides is 2. The number of carboxylic acid groups (broad SMARTS) is 1. The number of aliphatic hydroxyl groups excluding tert-OH is 1. The van der Waals surface area contributed by atoms with Gasteiger partial charge in [0, 0.05) is 46.7 Å². The summed E-state index contributed by atoms with van der Waals surface area (Å²) >= 11 is 0. The van der Waals surface area contributed by atoms with E-state index in [0.29, 0.717) is 6.42 Å². The van der Waals surface area contributed by atoms with Gasteiger partial charge in [0.25, 0.3) is 0 Å². The number of aliphatic hydroxyl groups is 1. The summed E-state index contributed by atoms with van der Waals surface area (Å²) in [5.41, 5.74) is 5.74. The Morgan fingerprint density at radius 3 is 2.69 bits per heavy atom. The summed E-state index contributed by atoms with van der Waals surface area (Å²) in [5.74, 6) is -2.18. The van der Waals surface area contributed by atoms with E-state index in [-0.39, 0.29) is 18.5 Å². The molecule has 3 heterocycles. The Kier molecular flexibility index (Phi) is 4.93. The van der Waals surface area contributed by atoms with Gasteiger partial charge in [-0.15, -0.1) is 0 Å². The van der Waals surface area contributed by atoms with E-state index in [1.54, 1.807) is 11.0 Å². The average Bonchev–Trinajstić information content (AvgIpc) is 3.48. The number of carbonyl (C=O) groups excluding carboxylic acids is 1. The number of hydrogen-bond acceptors (Lipinski definition) is 3. The first-order valence-electron chi connectivity index (χ1n) is 11.8. The second kappa shape index (κ2) is 8.02. The molecule has 4 aromatic rings. The third-order valence-corrected chi connectivity index (χ3v) is 7.46. The predicted molar refractivity (Wildman–Crippen MR) is 133 cm³/mol. The first-order chi connectivity index (χ1) is 16.9. The fourth-order valence-electron chi connectivity index (χ4n) is 5.59. The van der Waals surface area contributed by atoms with E-state index in [0.717, 1.165) is 44.1 Å². The highest BCUT2D eigenvalue weighted by molar-refractivity contribution is 6.00. The second-order valence-corrected chi connectivity index (χ2v) is 9.45.